The smallest absolute Gasteiger partial charge is 0.0166 e. The van der Waals surface area contributed by atoms with Crippen LogP contribution in [0.3, 0.4) is 0 Å². The zero-order valence-electron chi connectivity index (χ0n) is 13.0. The lowest BCUT2D eigenvalue weighted by molar-refractivity contribution is 0.0938. The molecule has 4 nitrogen and oxygen atoms in total. The molecule has 2 N–H and O–H groups in total. The van der Waals surface area contributed by atoms with Gasteiger partial charge in [0.15, 0.2) is 0 Å². The molecule has 0 radical (unpaired) electrons. The van der Waals surface area contributed by atoms with Gasteiger partial charge in [-0.05, 0) is 59.8 Å². The second-order valence-corrected chi connectivity index (χ2v) is 6.83. The lowest BCUT2D eigenvalue weighted by atomic mass is 9.96. The Morgan fingerprint density at radius 2 is 1.74 bits per heavy atom. The number of piperazine rings is 1. The Hall–Kier alpha value is -0.160. The van der Waals surface area contributed by atoms with Gasteiger partial charge < -0.3 is 15.5 Å². The molecule has 0 amide bonds. The first-order chi connectivity index (χ1) is 9.08. The van der Waals surface area contributed by atoms with Crippen LogP contribution in [0.1, 0.15) is 33.1 Å². The number of nitrogens with zero attached hydrogens (tertiary/aromatic N) is 2. The number of hydrogen-bond acceptors (Lipinski definition) is 4. The molecule has 4 heteroatoms. The normalized spacial score (nSPS) is 24.8. The van der Waals surface area contributed by atoms with Gasteiger partial charge in [0.05, 0.1) is 0 Å². The minimum atomic E-state index is 0.334. The van der Waals surface area contributed by atoms with Gasteiger partial charge in [-0.3, -0.25) is 4.90 Å². The largest absolute Gasteiger partial charge is 0.314 e. The maximum absolute atomic E-state index is 3.77. The molecule has 0 aliphatic carbocycles. The molecule has 2 aliphatic heterocycles. The van der Waals surface area contributed by atoms with Crippen molar-refractivity contribution in [2.45, 2.75) is 44.7 Å². The van der Waals surface area contributed by atoms with E-state index < -0.39 is 0 Å². The molecule has 0 bridgehead atoms. The maximum atomic E-state index is 3.77. The number of rotatable bonds is 5. The van der Waals surface area contributed by atoms with E-state index in [1.165, 1.54) is 45.4 Å². The van der Waals surface area contributed by atoms with Gasteiger partial charge in [0.1, 0.15) is 0 Å². The predicted molar refractivity (Wildman–Crippen MR) is 81.7 cm³/mol. The van der Waals surface area contributed by atoms with E-state index in [4.69, 9.17) is 0 Å². The molecule has 0 unspecified atom stereocenters. The molecule has 0 aromatic rings. The first-order valence-corrected chi connectivity index (χ1v) is 7.96. The molecule has 2 rings (SSSR count). The molecule has 2 saturated heterocycles. The summed E-state index contributed by atoms with van der Waals surface area (Å²) in [4.78, 5) is 5.07. The van der Waals surface area contributed by atoms with E-state index in [1.807, 2.05) is 0 Å². The van der Waals surface area contributed by atoms with Crippen molar-refractivity contribution in [3.8, 4) is 0 Å². The van der Waals surface area contributed by atoms with E-state index in [2.05, 4.69) is 41.3 Å². The fraction of sp³-hybridized carbons (Fsp3) is 1.00. The molecule has 2 heterocycles. The summed E-state index contributed by atoms with van der Waals surface area (Å²) in [6, 6.07) is 0.745. The van der Waals surface area contributed by atoms with E-state index >= 15 is 0 Å². The van der Waals surface area contributed by atoms with Gasteiger partial charge in [-0.15, -0.1) is 0 Å². The molecule has 0 aromatic heterocycles. The molecule has 112 valence electrons. The number of nitrogens with one attached hydrogen (secondary N) is 2. The standard InChI is InChI=1S/C15H32N4/c1-15(2,19-12-8-16-9-13-19)6-7-17-14-4-10-18(3)11-5-14/h14,16-17H,4-13H2,1-3H3. The number of likely N-dealkylation sites (tertiary alicyclic amines) is 1. The molecular weight excluding hydrogens is 236 g/mol. The summed E-state index contributed by atoms with van der Waals surface area (Å²) in [5, 5.41) is 7.21. The third kappa shape index (κ3) is 4.71. The highest BCUT2D eigenvalue weighted by Gasteiger charge is 2.27. The van der Waals surface area contributed by atoms with E-state index in [-0.39, 0.29) is 0 Å². The highest BCUT2D eigenvalue weighted by molar-refractivity contribution is 4.86. The fourth-order valence-electron chi connectivity index (χ4n) is 3.22. The Bertz CT molecular complexity index is 253. The van der Waals surface area contributed by atoms with Gasteiger partial charge >= 0.3 is 0 Å². The van der Waals surface area contributed by atoms with E-state index in [0.29, 0.717) is 5.54 Å². The van der Waals surface area contributed by atoms with Gasteiger partial charge in [0, 0.05) is 37.8 Å². The van der Waals surface area contributed by atoms with Crippen LogP contribution >= 0.6 is 0 Å². The van der Waals surface area contributed by atoms with Crippen molar-refractivity contribution >= 4 is 0 Å². The molecule has 2 aliphatic rings. The van der Waals surface area contributed by atoms with Crippen molar-refractivity contribution in [2.24, 2.45) is 0 Å². The third-order valence-electron chi connectivity index (χ3n) is 4.86. The molecular formula is C15H32N4. The molecule has 0 saturated carbocycles. The van der Waals surface area contributed by atoms with Crippen LogP contribution in [0.2, 0.25) is 0 Å². The van der Waals surface area contributed by atoms with Crippen LogP contribution in [-0.4, -0.2) is 74.2 Å². The Labute approximate surface area is 118 Å². The van der Waals surface area contributed by atoms with Crippen LogP contribution in [-0.2, 0) is 0 Å². The zero-order valence-corrected chi connectivity index (χ0v) is 13.0. The highest BCUT2D eigenvalue weighted by Crippen LogP contribution is 2.19. The minimum absolute atomic E-state index is 0.334. The number of piperidine rings is 1. The predicted octanol–water partition coefficient (Wildman–Crippen LogP) is 0.744. The highest BCUT2D eigenvalue weighted by atomic mass is 15.2. The van der Waals surface area contributed by atoms with Crippen molar-refractivity contribution < 1.29 is 0 Å². The van der Waals surface area contributed by atoms with Gasteiger partial charge in [0.25, 0.3) is 0 Å². The summed E-state index contributed by atoms with van der Waals surface area (Å²) in [7, 11) is 2.23. The van der Waals surface area contributed by atoms with Crippen LogP contribution in [0.25, 0.3) is 0 Å². The van der Waals surface area contributed by atoms with Crippen LogP contribution in [0.4, 0.5) is 0 Å². The van der Waals surface area contributed by atoms with Crippen LogP contribution in [0, 0.1) is 0 Å². The Kier molecular flexibility index (Phi) is 5.63. The average Bonchev–Trinajstić information content (AvgIpc) is 2.42. The van der Waals surface area contributed by atoms with Crippen LogP contribution < -0.4 is 10.6 Å². The summed E-state index contributed by atoms with van der Waals surface area (Å²) in [5.41, 5.74) is 0.334. The summed E-state index contributed by atoms with van der Waals surface area (Å²) in [6.45, 7) is 13.1. The Balaban J connectivity index is 1.66. The molecule has 0 aromatic carbocycles. The zero-order chi connectivity index (χ0) is 13.7. The van der Waals surface area contributed by atoms with E-state index in [0.717, 1.165) is 25.7 Å². The van der Waals surface area contributed by atoms with Crippen molar-refractivity contribution in [2.75, 3.05) is 52.9 Å². The molecule has 0 atom stereocenters. The van der Waals surface area contributed by atoms with Crippen molar-refractivity contribution in [1.82, 2.24) is 20.4 Å². The summed E-state index contributed by atoms with van der Waals surface area (Å²) in [5.74, 6) is 0. The topological polar surface area (TPSA) is 30.5 Å². The lowest BCUT2D eigenvalue weighted by Gasteiger charge is -2.41. The van der Waals surface area contributed by atoms with Gasteiger partial charge in [-0.25, -0.2) is 0 Å². The van der Waals surface area contributed by atoms with E-state index in [1.54, 1.807) is 0 Å². The first kappa shape index (κ1) is 15.2. The van der Waals surface area contributed by atoms with Crippen molar-refractivity contribution in [3.05, 3.63) is 0 Å². The second-order valence-electron chi connectivity index (χ2n) is 6.83. The SMILES string of the molecule is CN1CCC(NCCC(C)(C)N2CCNCC2)CC1. The fourth-order valence-corrected chi connectivity index (χ4v) is 3.22. The third-order valence-corrected chi connectivity index (χ3v) is 4.86. The quantitative estimate of drug-likeness (QED) is 0.770. The Morgan fingerprint density at radius 1 is 1.11 bits per heavy atom. The summed E-state index contributed by atoms with van der Waals surface area (Å²) in [6.07, 6.45) is 3.87. The lowest BCUT2D eigenvalue weighted by Crippen LogP contribution is -2.54. The van der Waals surface area contributed by atoms with Crippen LogP contribution in [0.5, 0.6) is 0 Å². The van der Waals surface area contributed by atoms with Gasteiger partial charge in [-0.1, -0.05) is 0 Å². The second kappa shape index (κ2) is 7.02. The van der Waals surface area contributed by atoms with Crippen molar-refractivity contribution in [3.63, 3.8) is 0 Å². The Morgan fingerprint density at radius 3 is 2.37 bits per heavy atom. The van der Waals surface area contributed by atoms with E-state index in [9.17, 15) is 0 Å². The van der Waals surface area contributed by atoms with Crippen LogP contribution in [0.15, 0.2) is 0 Å². The summed E-state index contributed by atoms with van der Waals surface area (Å²) >= 11 is 0. The number of hydrogen-bond donors (Lipinski definition) is 2. The summed E-state index contributed by atoms with van der Waals surface area (Å²) < 4.78 is 0. The van der Waals surface area contributed by atoms with Gasteiger partial charge in [-0.2, -0.15) is 0 Å². The van der Waals surface area contributed by atoms with Gasteiger partial charge in [0.2, 0.25) is 0 Å². The average molecular weight is 268 g/mol. The minimum Gasteiger partial charge on any atom is -0.314 e. The molecule has 0 spiro atoms. The molecule has 2 fully saturated rings. The first-order valence-electron chi connectivity index (χ1n) is 7.96. The monoisotopic (exact) mass is 268 g/mol. The van der Waals surface area contributed by atoms with Crippen molar-refractivity contribution in [1.29, 1.82) is 0 Å². The maximum Gasteiger partial charge on any atom is 0.0166 e. The molecule has 19 heavy (non-hydrogen) atoms.